The molecule has 1 aliphatic heterocycles. The first-order valence-corrected chi connectivity index (χ1v) is 8.88. The van der Waals surface area contributed by atoms with Gasteiger partial charge in [0.15, 0.2) is 0 Å². The molecule has 1 saturated heterocycles. The summed E-state index contributed by atoms with van der Waals surface area (Å²) in [5.74, 6) is 0.576. The largest absolute Gasteiger partial charge is 0.326 e. The normalized spacial score (nSPS) is 22.5. The number of likely N-dealkylation sites (tertiary alicyclic amines) is 1. The van der Waals surface area contributed by atoms with Crippen LogP contribution in [0, 0.1) is 0 Å². The Morgan fingerprint density at radius 2 is 1.70 bits per heavy atom. The molecular weight excluding hydrogens is 280 g/mol. The minimum Gasteiger partial charge on any atom is -0.326 e. The van der Waals surface area contributed by atoms with Crippen LogP contribution in [0.15, 0.2) is 60.7 Å². The van der Waals surface area contributed by atoms with Crippen molar-refractivity contribution < 1.29 is 0 Å². The highest BCUT2D eigenvalue weighted by Crippen LogP contribution is 2.37. The van der Waals surface area contributed by atoms with Crippen molar-refractivity contribution in [2.45, 2.75) is 50.7 Å². The lowest BCUT2D eigenvalue weighted by molar-refractivity contribution is 0.0303. The van der Waals surface area contributed by atoms with E-state index in [1.807, 2.05) is 0 Å². The topological polar surface area (TPSA) is 29.3 Å². The molecule has 0 saturated carbocycles. The summed E-state index contributed by atoms with van der Waals surface area (Å²) in [6.45, 7) is 4.36. The van der Waals surface area contributed by atoms with Gasteiger partial charge < -0.3 is 5.73 Å². The van der Waals surface area contributed by atoms with Crippen molar-refractivity contribution in [3.8, 4) is 0 Å². The molecule has 2 N–H and O–H groups in total. The van der Waals surface area contributed by atoms with E-state index in [-0.39, 0.29) is 6.04 Å². The summed E-state index contributed by atoms with van der Waals surface area (Å²) < 4.78 is 0. The molecule has 2 heteroatoms. The molecule has 23 heavy (non-hydrogen) atoms. The Kier molecular flexibility index (Phi) is 5.47. The van der Waals surface area contributed by atoms with Gasteiger partial charge in [-0.1, -0.05) is 80.4 Å². The summed E-state index contributed by atoms with van der Waals surface area (Å²) in [6.07, 6.45) is 3.56. The number of benzene rings is 2. The maximum Gasteiger partial charge on any atom is 0.0331 e. The van der Waals surface area contributed by atoms with Crippen molar-refractivity contribution in [1.82, 2.24) is 4.90 Å². The van der Waals surface area contributed by atoms with E-state index in [4.69, 9.17) is 5.73 Å². The summed E-state index contributed by atoms with van der Waals surface area (Å²) in [4.78, 5) is 2.56. The van der Waals surface area contributed by atoms with Gasteiger partial charge in [0.2, 0.25) is 0 Å². The number of nitrogens with zero attached hydrogens (tertiary/aromatic N) is 1. The number of nitrogens with two attached hydrogens (primary N) is 1. The van der Waals surface area contributed by atoms with Gasteiger partial charge in [0.1, 0.15) is 0 Å². The Labute approximate surface area is 140 Å². The Morgan fingerprint density at radius 1 is 1.04 bits per heavy atom. The number of rotatable bonds is 7. The summed E-state index contributed by atoms with van der Waals surface area (Å²) in [7, 11) is 0. The Morgan fingerprint density at radius 3 is 2.35 bits per heavy atom. The van der Waals surface area contributed by atoms with Crippen LogP contribution in [0.25, 0.3) is 0 Å². The van der Waals surface area contributed by atoms with Gasteiger partial charge in [-0.05, 0) is 17.5 Å². The average molecular weight is 308 g/mol. The molecule has 0 aliphatic carbocycles. The molecule has 0 aromatic heterocycles. The van der Waals surface area contributed by atoms with E-state index < -0.39 is 0 Å². The second-order valence-corrected chi connectivity index (χ2v) is 6.73. The molecule has 0 bridgehead atoms. The zero-order valence-electron chi connectivity index (χ0n) is 14.1. The van der Waals surface area contributed by atoms with Gasteiger partial charge in [0, 0.05) is 31.1 Å². The van der Waals surface area contributed by atoms with E-state index in [2.05, 4.69) is 72.5 Å². The van der Waals surface area contributed by atoms with Gasteiger partial charge >= 0.3 is 0 Å². The van der Waals surface area contributed by atoms with Gasteiger partial charge in [-0.2, -0.15) is 0 Å². The van der Waals surface area contributed by atoms with E-state index >= 15 is 0 Å². The van der Waals surface area contributed by atoms with Crippen LogP contribution >= 0.6 is 0 Å². The molecular formula is C21H28N2. The Balaban J connectivity index is 1.72. The molecule has 122 valence electrons. The number of hydrogen-bond acceptors (Lipinski definition) is 2. The molecule has 0 radical (unpaired) electrons. The van der Waals surface area contributed by atoms with Crippen LogP contribution in [0.4, 0.5) is 0 Å². The zero-order valence-corrected chi connectivity index (χ0v) is 14.1. The molecule has 1 heterocycles. The third-order valence-corrected chi connectivity index (χ3v) is 5.05. The zero-order chi connectivity index (χ0) is 16.1. The van der Waals surface area contributed by atoms with E-state index in [1.165, 1.54) is 24.0 Å². The van der Waals surface area contributed by atoms with Crippen LogP contribution in [0.3, 0.4) is 0 Å². The van der Waals surface area contributed by atoms with Crippen molar-refractivity contribution in [3.05, 3.63) is 71.8 Å². The highest BCUT2D eigenvalue weighted by molar-refractivity contribution is 5.27. The van der Waals surface area contributed by atoms with Gasteiger partial charge in [0.25, 0.3) is 0 Å². The molecule has 0 amide bonds. The lowest BCUT2D eigenvalue weighted by Crippen LogP contribution is -2.61. The molecule has 2 aromatic rings. The van der Waals surface area contributed by atoms with Crippen molar-refractivity contribution in [3.63, 3.8) is 0 Å². The maximum absolute atomic E-state index is 6.60. The Bertz CT molecular complexity index is 581. The van der Waals surface area contributed by atoms with E-state index in [9.17, 15) is 0 Å². The summed E-state index contributed by atoms with van der Waals surface area (Å²) in [6, 6.07) is 22.4. The van der Waals surface area contributed by atoms with Crippen molar-refractivity contribution in [2.75, 3.05) is 6.54 Å². The predicted octanol–water partition coefficient (Wildman–Crippen LogP) is 4.17. The van der Waals surface area contributed by atoms with Crippen molar-refractivity contribution in [2.24, 2.45) is 5.73 Å². The van der Waals surface area contributed by atoms with Crippen LogP contribution in [0.5, 0.6) is 0 Å². The van der Waals surface area contributed by atoms with Crippen LogP contribution in [0.1, 0.15) is 43.2 Å². The number of hydrogen-bond donors (Lipinski definition) is 1. The van der Waals surface area contributed by atoms with E-state index in [0.29, 0.717) is 12.0 Å². The minimum absolute atomic E-state index is 0.262. The highest BCUT2D eigenvalue weighted by Gasteiger charge is 2.42. The smallest absolute Gasteiger partial charge is 0.0331 e. The van der Waals surface area contributed by atoms with Gasteiger partial charge in [-0.3, -0.25) is 4.90 Å². The fourth-order valence-corrected chi connectivity index (χ4v) is 3.77. The third kappa shape index (κ3) is 3.82. The SMILES string of the molecule is CCCC[C@@H](N)[C@@H]1[C@H](c2ccccc2)CN1Cc1ccccc1. The predicted molar refractivity (Wildman–Crippen MR) is 97.3 cm³/mol. The second-order valence-electron chi connectivity index (χ2n) is 6.73. The van der Waals surface area contributed by atoms with E-state index in [1.54, 1.807) is 0 Å². The van der Waals surface area contributed by atoms with Crippen molar-refractivity contribution in [1.29, 1.82) is 0 Å². The monoisotopic (exact) mass is 308 g/mol. The lowest BCUT2D eigenvalue weighted by atomic mass is 9.77. The van der Waals surface area contributed by atoms with Crippen LogP contribution in [0.2, 0.25) is 0 Å². The minimum atomic E-state index is 0.262. The summed E-state index contributed by atoms with van der Waals surface area (Å²) in [5, 5.41) is 0. The van der Waals surface area contributed by atoms with Crippen molar-refractivity contribution >= 4 is 0 Å². The van der Waals surface area contributed by atoms with Crippen LogP contribution in [-0.2, 0) is 6.54 Å². The fraction of sp³-hybridized carbons (Fsp3) is 0.429. The Hall–Kier alpha value is -1.64. The van der Waals surface area contributed by atoms with Gasteiger partial charge in [0.05, 0.1) is 0 Å². The average Bonchev–Trinajstić information content (AvgIpc) is 2.58. The molecule has 2 aromatic carbocycles. The van der Waals surface area contributed by atoms with Gasteiger partial charge in [-0.15, -0.1) is 0 Å². The van der Waals surface area contributed by atoms with E-state index in [0.717, 1.165) is 19.5 Å². The number of unbranched alkanes of at least 4 members (excludes halogenated alkanes) is 1. The first-order chi connectivity index (χ1) is 11.3. The third-order valence-electron chi connectivity index (χ3n) is 5.05. The quantitative estimate of drug-likeness (QED) is 0.831. The maximum atomic E-state index is 6.60. The molecule has 0 unspecified atom stereocenters. The lowest BCUT2D eigenvalue weighted by Gasteiger charge is -2.51. The van der Waals surface area contributed by atoms with Gasteiger partial charge in [-0.25, -0.2) is 0 Å². The molecule has 0 spiro atoms. The molecule has 3 atom stereocenters. The molecule has 3 rings (SSSR count). The van der Waals surface area contributed by atoms with Crippen LogP contribution in [-0.4, -0.2) is 23.5 Å². The highest BCUT2D eigenvalue weighted by atomic mass is 15.2. The first-order valence-electron chi connectivity index (χ1n) is 8.88. The van der Waals surface area contributed by atoms with Crippen LogP contribution < -0.4 is 5.73 Å². The molecule has 1 aliphatic rings. The fourth-order valence-electron chi connectivity index (χ4n) is 3.77. The second kappa shape index (κ2) is 7.76. The molecule has 2 nitrogen and oxygen atoms in total. The standard InChI is InChI=1S/C21H28N2/c1-2-3-14-20(22)21-19(18-12-8-5-9-13-18)16-23(21)15-17-10-6-4-7-11-17/h4-13,19-21H,2-3,14-16,22H2,1H3/t19-,20+,21-/m0/s1. The molecule has 1 fully saturated rings. The summed E-state index contributed by atoms with van der Waals surface area (Å²) in [5.41, 5.74) is 9.42. The summed E-state index contributed by atoms with van der Waals surface area (Å²) >= 11 is 0. The first kappa shape index (κ1) is 16.2.